The van der Waals surface area contributed by atoms with Gasteiger partial charge in [0.25, 0.3) is 11.5 Å². The second-order valence-electron chi connectivity index (χ2n) is 8.44. The average Bonchev–Trinajstić information content (AvgIpc) is 2.83. The van der Waals surface area contributed by atoms with Gasteiger partial charge in [-0.05, 0) is 42.9 Å². The molecular weight excluding hydrogens is 456 g/mol. The van der Waals surface area contributed by atoms with Crippen molar-refractivity contribution in [2.45, 2.75) is 6.54 Å². The number of hydrogen-bond acceptors (Lipinski definition) is 5. The highest BCUT2D eigenvalue weighted by molar-refractivity contribution is 5.96. The molecule has 0 unspecified atom stereocenters. The van der Waals surface area contributed by atoms with Crippen molar-refractivity contribution in [3.8, 4) is 11.3 Å². The Bertz CT molecular complexity index is 1280. The summed E-state index contributed by atoms with van der Waals surface area (Å²) < 4.78 is 28.3. The zero-order valence-electron chi connectivity index (χ0n) is 19.2. The summed E-state index contributed by atoms with van der Waals surface area (Å²) in [5, 5.41) is 6.88. The number of likely N-dealkylation sites (N-methyl/N-ethyl adjacent to an activating group) is 1. The fraction of sp³-hybridized carbons (Fsp3) is 0.280. The third kappa shape index (κ3) is 6.15. The first-order valence-corrected chi connectivity index (χ1v) is 11.2. The zero-order chi connectivity index (χ0) is 24.9. The van der Waals surface area contributed by atoms with Gasteiger partial charge in [-0.3, -0.25) is 14.4 Å². The van der Waals surface area contributed by atoms with Gasteiger partial charge >= 0.3 is 0 Å². The molecule has 0 bridgehead atoms. The standard InChI is InChI=1S/C25H25F2N5O3/c1-30-7-9-31(10-8-30)24(34)15-28-25(35)18-4-2-3-17(11-18)16-32-23(33)6-5-22(29-32)19-12-20(26)14-21(27)13-19/h2-6,11-14H,7-10,15-16H2,1H3,(H,28,35). The van der Waals surface area contributed by atoms with Crippen molar-refractivity contribution in [3.05, 3.63) is 87.7 Å². The first-order valence-electron chi connectivity index (χ1n) is 11.2. The maximum absolute atomic E-state index is 13.6. The Balaban J connectivity index is 1.44. The van der Waals surface area contributed by atoms with Crippen LogP contribution in [0.15, 0.2) is 59.4 Å². The van der Waals surface area contributed by atoms with Gasteiger partial charge in [0.05, 0.1) is 18.8 Å². The summed E-state index contributed by atoms with van der Waals surface area (Å²) in [6, 6.07) is 12.3. The Morgan fingerprint density at radius 3 is 2.40 bits per heavy atom. The van der Waals surface area contributed by atoms with Gasteiger partial charge in [0.15, 0.2) is 0 Å². The molecule has 2 aromatic carbocycles. The van der Waals surface area contributed by atoms with Crippen molar-refractivity contribution in [2.24, 2.45) is 0 Å². The van der Waals surface area contributed by atoms with Crippen molar-refractivity contribution in [3.63, 3.8) is 0 Å². The number of carbonyl (C=O) groups is 2. The summed E-state index contributed by atoms with van der Waals surface area (Å²) in [6.45, 7) is 2.80. The number of carbonyl (C=O) groups excluding carboxylic acids is 2. The highest BCUT2D eigenvalue weighted by atomic mass is 19.1. The van der Waals surface area contributed by atoms with E-state index in [0.717, 1.165) is 36.0 Å². The Hall–Kier alpha value is -3.92. The smallest absolute Gasteiger partial charge is 0.267 e. The molecule has 182 valence electrons. The lowest BCUT2D eigenvalue weighted by Crippen LogP contribution is -2.50. The van der Waals surface area contributed by atoms with Gasteiger partial charge in [-0.2, -0.15) is 5.10 Å². The van der Waals surface area contributed by atoms with E-state index in [0.29, 0.717) is 24.2 Å². The summed E-state index contributed by atoms with van der Waals surface area (Å²) >= 11 is 0. The second kappa shape index (κ2) is 10.6. The molecule has 1 N–H and O–H groups in total. The highest BCUT2D eigenvalue weighted by Crippen LogP contribution is 2.19. The van der Waals surface area contributed by atoms with Crippen LogP contribution >= 0.6 is 0 Å². The van der Waals surface area contributed by atoms with Gasteiger partial charge in [0, 0.05) is 49.4 Å². The number of hydrogen-bond donors (Lipinski definition) is 1. The van der Waals surface area contributed by atoms with Gasteiger partial charge in [0.1, 0.15) is 11.6 Å². The first kappa shape index (κ1) is 24.2. The summed E-state index contributed by atoms with van der Waals surface area (Å²) in [6.07, 6.45) is 0. The molecular formula is C25H25F2N5O3. The molecule has 0 atom stereocenters. The predicted octanol–water partition coefficient (Wildman–Crippen LogP) is 1.74. The van der Waals surface area contributed by atoms with Gasteiger partial charge in [-0.1, -0.05) is 12.1 Å². The highest BCUT2D eigenvalue weighted by Gasteiger charge is 2.19. The number of nitrogens with zero attached hydrogens (tertiary/aromatic N) is 4. The minimum absolute atomic E-state index is 0.0474. The maximum Gasteiger partial charge on any atom is 0.267 e. The van der Waals surface area contributed by atoms with Gasteiger partial charge < -0.3 is 15.1 Å². The summed E-state index contributed by atoms with van der Waals surface area (Å²) in [5.41, 5.74) is 0.997. The predicted molar refractivity (Wildman–Crippen MR) is 126 cm³/mol. The molecule has 8 nitrogen and oxygen atoms in total. The van der Waals surface area contributed by atoms with E-state index < -0.39 is 23.1 Å². The van der Waals surface area contributed by atoms with Crippen LogP contribution in [0.5, 0.6) is 0 Å². The summed E-state index contributed by atoms with van der Waals surface area (Å²) in [7, 11) is 2.00. The molecule has 1 fully saturated rings. The van der Waals surface area contributed by atoms with Crippen molar-refractivity contribution >= 4 is 11.8 Å². The van der Waals surface area contributed by atoms with Crippen LogP contribution in [0.25, 0.3) is 11.3 Å². The normalized spacial score (nSPS) is 14.1. The number of nitrogens with one attached hydrogen (secondary N) is 1. The number of rotatable bonds is 6. The van der Waals surface area contributed by atoms with Crippen LogP contribution in [0.2, 0.25) is 0 Å². The molecule has 3 aromatic rings. The molecule has 2 heterocycles. The molecule has 1 aliphatic rings. The Kier molecular flexibility index (Phi) is 7.31. The van der Waals surface area contributed by atoms with Crippen LogP contribution in [0, 0.1) is 11.6 Å². The van der Waals surface area contributed by atoms with Crippen LogP contribution in [0.3, 0.4) is 0 Å². The van der Waals surface area contributed by atoms with E-state index in [1.165, 1.54) is 12.1 Å². The fourth-order valence-corrected chi connectivity index (χ4v) is 3.83. The van der Waals surface area contributed by atoms with Gasteiger partial charge in [0.2, 0.25) is 5.91 Å². The molecule has 0 radical (unpaired) electrons. The Labute approximate surface area is 200 Å². The quantitative estimate of drug-likeness (QED) is 0.580. The van der Waals surface area contributed by atoms with E-state index >= 15 is 0 Å². The molecule has 2 amide bonds. The van der Waals surface area contributed by atoms with Gasteiger partial charge in [-0.25, -0.2) is 13.5 Å². The largest absolute Gasteiger partial charge is 0.343 e. The molecule has 0 saturated carbocycles. The summed E-state index contributed by atoms with van der Waals surface area (Å²) in [5.74, 6) is -2.03. The van der Waals surface area contributed by atoms with Gasteiger partial charge in [-0.15, -0.1) is 0 Å². The molecule has 0 spiro atoms. The Morgan fingerprint density at radius 1 is 0.971 bits per heavy atom. The van der Waals surface area contributed by atoms with Crippen molar-refractivity contribution < 1.29 is 18.4 Å². The third-order valence-corrected chi connectivity index (χ3v) is 5.80. The summed E-state index contributed by atoms with van der Waals surface area (Å²) in [4.78, 5) is 41.2. The van der Waals surface area contributed by atoms with Crippen LogP contribution < -0.4 is 10.9 Å². The zero-order valence-corrected chi connectivity index (χ0v) is 19.2. The van der Waals surface area contributed by atoms with Crippen molar-refractivity contribution in [2.75, 3.05) is 39.8 Å². The van der Waals surface area contributed by atoms with Crippen molar-refractivity contribution in [1.29, 1.82) is 0 Å². The molecule has 1 saturated heterocycles. The fourth-order valence-electron chi connectivity index (χ4n) is 3.83. The monoisotopic (exact) mass is 481 g/mol. The molecule has 0 aliphatic carbocycles. The lowest BCUT2D eigenvalue weighted by Gasteiger charge is -2.32. The van der Waals surface area contributed by atoms with E-state index in [2.05, 4.69) is 15.3 Å². The van der Waals surface area contributed by atoms with E-state index in [1.807, 2.05) is 7.05 Å². The average molecular weight is 482 g/mol. The molecule has 10 heteroatoms. The lowest BCUT2D eigenvalue weighted by atomic mass is 10.1. The van der Waals surface area contributed by atoms with E-state index in [4.69, 9.17) is 0 Å². The SMILES string of the molecule is CN1CCN(C(=O)CNC(=O)c2cccc(Cn3nc(-c4cc(F)cc(F)c4)ccc3=O)c2)CC1. The number of halogens is 2. The molecule has 1 aromatic heterocycles. The van der Waals surface area contributed by atoms with Crippen LogP contribution in [-0.2, 0) is 11.3 Å². The number of aromatic nitrogens is 2. The number of amides is 2. The van der Waals surface area contributed by atoms with Crippen molar-refractivity contribution in [1.82, 2.24) is 24.9 Å². The topological polar surface area (TPSA) is 87.5 Å². The van der Waals surface area contributed by atoms with E-state index in [9.17, 15) is 23.2 Å². The molecule has 4 rings (SSSR count). The second-order valence-corrected chi connectivity index (χ2v) is 8.44. The minimum atomic E-state index is -0.746. The number of benzene rings is 2. The lowest BCUT2D eigenvalue weighted by molar-refractivity contribution is -0.131. The third-order valence-electron chi connectivity index (χ3n) is 5.80. The van der Waals surface area contributed by atoms with Crippen LogP contribution in [0.1, 0.15) is 15.9 Å². The van der Waals surface area contributed by atoms with Crippen LogP contribution in [-0.4, -0.2) is 71.2 Å². The number of piperazine rings is 1. The minimum Gasteiger partial charge on any atom is -0.343 e. The molecule has 35 heavy (non-hydrogen) atoms. The van der Waals surface area contributed by atoms with E-state index in [-0.39, 0.29) is 30.3 Å². The van der Waals surface area contributed by atoms with Crippen LogP contribution in [0.4, 0.5) is 8.78 Å². The first-order chi connectivity index (χ1) is 16.8. The maximum atomic E-state index is 13.6. The Morgan fingerprint density at radius 2 is 1.69 bits per heavy atom. The molecule has 1 aliphatic heterocycles. The van der Waals surface area contributed by atoms with E-state index in [1.54, 1.807) is 29.2 Å².